The molecule has 24 heavy (non-hydrogen) atoms. The maximum Gasteiger partial charge on any atom is 0.274 e. The van der Waals surface area contributed by atoms with Crippen molar-refractivity contribution in [3.63, 3.8) is 0 Å². The van der Waals surface area contributed by atoms with E-state index in [1.807, 2.05) is 31.2 Å². The lowest BCUT2D eigenvalue weighted by Gasteiger charge is -2.08. The number of anilines is 3. The highest BCUT2D eigenvalue weighted by atomic mass is 19.1. The Morgan fingerprint density at radius 3 is 2.38 bits per heavy atom. The quantitative estimate of drug-likeness (QED) is 0.742. The minimum atomic E-state index is -0.404. The van der Waals surface area contributed by atoms with Crippen LogP contribution in [0.15, 0.2) is 66.9 Å². The van der Waals surface area contributed by atoms with Crippen LogP contribution < -0.4 is 10.6 Å². The fraction of sp³-hybridized carbons (Fsp3) is 0.0526. The van der Waals surface area contributed by atoms with Crippen LogP contribution in [0.1, 0.15) is 16.1 Å². The zero-order valence-corrected chi connectivity index (χ0v) is 13.1. The summed E-state index contributed by atoms with van der Waals surface area (Å²) < 4.78 is 13.1. The molecule has 0 fully saturated rings. The van der Waals surface area contributed by atoms with Gasteiger partial charge in [-0.2, -0.15) is 0 Å². The second-order valence-electron chi connectivity index (χ2n) is 5.39. The Balaban J connectivity index is 1.67. The Morgan fingerprint density at radius 1 is 0.958 bits per heavy atom. The third-order valence-corrected chi connectivity index (χ3v) is 3.42. The summed E-state index contributed by atoms with van der Waals surface area (Å²) in [5.74, 6) is -0.791. The second-order valence-corrected chi connectivity index (χ2v) is 5.39. The molecule has 0 aliphatic carbocycles. The Kier molecular flexibility index (Phi) is 4.52. The summed E-state index contributed by atoms with van der Waals surface area (Å²) in [6.45, 7) is 2.03. The molecule has 1 aromatic heterocycles. The fourth-order valence-corrected chi connectivity index (χ4v) is 2.17. The largest absolute Gasteiger partial charge is 0.354 e. The van der Waals surface area contributed by atoms with E-state index in [1.165, 1.54) is 23.8 Å². The molecule has 0 aliphatic heterocycles. The molecule has 4 nitrogen and oxygen atoms in total. The van der Waals surface area contributed by atoms with Crippen LogP contribution in [-0.2, 0) is 0 Å². The van der Waals surface area contributed by atoms with Crippen molar-refractivity contribution in [1.29, 1.82) is 0 Å². The van der Waals surface area contributed by atoms with Crippen molar-refractivity contribution < 1.29 is 9.18 Å². The zero-order chi connectivity index (χ0) is 16.9. The average molecular weight is 321 g/mol. The highest BCUT2D eigenvalue weighted by Crippen LogP contribution is 2.17. The third kappa shape index (κ3) is 3.95. The lowest BCUT2D eigenvalue weighted by molar-refractivity contribution is 0.102. The summed E-state index contributed by atoms with van der Waals surface area (Å²) in [5, 5.41) is 5.82. The monoisotopic (exact) mass is 321 g/mol. The van der Waals surface area contributed by atoms with E-state index in [9.17, 15) is 9.18 Å². The van der Waals surface area contributed by atoms with Gasteiger partial charge in [-0.3, -0.25) is 4.79 Å². The maximum atomic E-state index is 13.1. The molecule has 0 radical (unpaired) electrons. The van der Waals surface area contributed by atoms with Gasteiger partial charge in [0.2, 0.25) is 0 Å². The van der Waals surface area contributed by atoms with Crippen molar-refractivity contribution in [2.45, 2.75) is 6.92 Å². The molecule has 0 saturated heterocycles. The first kappa shape index (κ1) is 15.7. The predicted octanol–water partition coefficient (Wildman–Crippen LogP) is 4.53. The van der Waals surface area contributed by atoms with Crippen LogP contribution in [0.5, 0.6) is 0 Å². The minimum absolute atomic E-state index is 0.258. The molecular formula is C19H16FN3O. The molecule has 1 amide bonds. The molecule has 0 bridgehead atoms. The molecule has 3 aromatic rings. The molecule has 0 spiro atoms. The molecule has 0 unspecified atom stereocenters. The van der Waals surface area contributed by atoms with E-state index in [0.29, 0.717) is 5.69 Å². The number of hydrogen-bond donors (Lipinski definition) is 2. The zero-order valence-electron chi connectivity index (χ0n) is 13.1. The van der Waals surface area contributed by atoms with Gasteiger partial charge in [0, 0.05) is 11.4 Å². The van der Waals surface area contributed by atoms with Gasteiger partial charge in [-0.25, -0.2) is 9.37 Å². The molecule has 5 heteroatoms. The Bertz CT molecular complexity index is 845. The van der Waals surface area contributed by atoms with Crippen molar-refractivity contribution in [3.05, 3.63) is 83.9 Å². The van der Waals surface area contributed by atoms with Crippen LogP contribution in [0.4, 0.5) is 21.5 Å². The first-order valence-corrected chi connectivity index (χ1v) is 7.47. The molecule has 2 aromatic carbocycles. The molecule has 1 heterocycles. The number of nitrogens with zero attached hydrogens (tertiary/aromatic N) is 1. The fourth-order valence-electron chi connectivity index (χ4n) is 2.17. The van der Waals surface area contributed by atoms with E-state index < -0.39 is 5.82 Å². The molecule has 0 saturated carbocycles. The van der Waals surface area contributed by atoms with Crippen LogP contribution in [-0.4, -0.2) is 10.9 Å². The lowest BCUT2D eigenvalue weighted by Crippen LogP contribution is -2.13. The van der Waals surface area contributed by atoms with Crippen LogP contribution in [0.2, 0.25) is 0 Å². The minimum Gasteiger partial charge on any atom is -0.354 e. The van der Waals surface area contributed by atoms with E-state index in [-0.39, 0.29) is 11.6 Å². The van der Waals surface area contributed by atoms with Crippen molar-refractivity contribution in [3.8, 4) is 0 Å². The van der Waals surface area contributed by atoms with E-state index in [4.69, 9.17) is 0 Å². The molecule has 0 atom stereocenters. The van der Waals surface area contributed by atoms with Gasteiger partial charge in [0.15, 0.2) is 0 Å². The van der Waals surface area contributed by atoms with E-state index in [0.717, 1.165) is 11.4 Å². The smallest absolute Gasteiger partial charge is 0.274 e. The number of rotatable bonds is 4. The highest BCUT2D eigenvalue weighted by molar-refractivity contribution is 6.02. The van der Waals surface area contributed by atoms with Crippen molar-refractivity contribution >= 4 is 23.0 Å². The van der Waals surface area contributed by atoms with Gasteiger partial charge in [0.1, 0.15) is 11.5 Å². The summed E-state index contributed by atoms with van der Waals surface area (Å²) in [6, 6.07) is 17.1. The third-order valence-electron chi connectivity index (χ3n) is 3.42. The number of carbonyl (C=O) groups excluding carboxylic acids is 1. The summed E-state index contributed by atoms with van der Waals surface area (Å²) in [6.07, 6.45) is 1.58. The van der Waals surface area contributed by atoms with Gasteiger partial charge in [0.25, 0.3) is 5.91 Å². The predicted molar refractivity (Wildman–Crippen MR) is 93.1 cm³/mol. The topological polar surface area (TPSA) is 54.0 Å². The van der Waals surface area contributed by atoms with Crippen molar-refractivity contribution in [2.75, 3.05) is 10.6 Å². The SMILES string of the molecule is Cc1ccc(Nc2ccc(C(=O)Nc3cccc(F)c3)nc2)cc1. The molecular weight excluding hydrogens is 305 g/mol. The number of halogens is 1. The normalized spacial score (nSPS) is 10.2. The van der Waals surface area contributed by atoms with Gasteiger partial charge in [0.05, 0.1) is 11.9 Å². The first-order valence-electron chi connectivity index (χ1n) is 7.47. The van der Waals surface area contributed by atoms with E-state index in [2.05, 4.69) is 15.6 Å². The van der Waals surface area contributed by atoms with E-state index in [1.54, 1.807) is 24.4 Å². The summed E-state index contributed by atoms with van der Waals surface area (Å²) in [4.78, 5) is 16.3. The second kappa shape index (κ2) is 6.91. The molecule has 2 N–H and O–H groups in total. The van der Waals surface area contributed by atoms with Gasteiger partial charge in [-0.15, -0.1) is 0 Å². The van der Waals surface area contributed by atoms with Crippen LogP contribution in [0.25, 0.3) is 0 Å². The van der Waals surface area contributed by atoms with Gasteiger partial charge >= 0.3 is 0 Å². The Morgan fingerprint density at radius 2 is 1.71 bits per heavy atom. The Hall–Kier alpha value is -3.21. The first-order chi connectivity index (χ1) is 11.6. The van der Waals surface area contributed by atoms with Gasteiger partial charge in [-0.1, -0.05) is 23.8 Å². The molecule has 3 rings (SSSR count). The van der Waals surface area contributed by atoms with Crippen LogP contribution >= 0.6 is 0 Å². The van der Waals surface area contributed by atoms with E-state index >= 15 is 0 Å². The number of nitrogens with one attached hydrogen (secondary N) is 2. The number of amides is 1. The number of aryl methyl sites for hydroxylation is 1. The highest BCUT2D eigenvalue weighted by Gasteiger charge is 2.08. The van der Waals surface area contributed by atoms with Crippen molar-refractivity contribution in [2.24, 2.45) is 0 Å². The summed E-state index contributed by atoms with van der Waals surface area (Å²) in [5.41, 5.74) is 3.56. The average Bonchev–Trinajstić information content (AvgIpc) is 2.57. The van der Waals surface area contributed by atoms with Gasteiger partial charge < -0.3 is 10.6 Å². The number of pyridine rings is 1. The molecule has 120 valence electrons. The number of aromatic nitrogens is 1. The summed E-state index contributed by atoms with van der Waals surface area (Å²) >= 11 is 0. The maximum absolute atomic E-state index is 13.1. The lowest BCUT2D eigenvalue weighted by atomic mass is 10.2. The number of benzene rings is 2. The molecule has 0 aliphatic rings. The van der Waals surface area contributed by atoms with Crippen molar-refractivity contribution in [1.82, 2.24) is 4.98 Å². The number of carbonyl (C=O) groups is 1. The van der Waals surface area contributed by atoms with Crippen LogP contribution in [0, 0.1) is 12.7 Å². The summed E-state index contributed by atoms with van der Waals surface area (Å²) in [7, 11) is 0. The Labute approximate surface area is 139 Å². The van der Waals surface area contributed by atoms with Gasteiger partial charge in [-0.05, 0) is 49.4 Å². The number of hydrogen-bond acceptors (Lipinski definition) is 3. The standard InChI is InChI=1S/C19H16FN3O/c1-13-5-7-15(8-6-13)22-17-9-10-18(21-12-17)19(24)23-16-4-2-3-14(20)11-16/h2-12,22H,1H3,(H,23,24). The van der Waals surface area contributed by atoms with Crippen LogP contribution in [0.3, 0.4) is 0 Å².